The van der Waals surface area contributed by atoms with E-state index in [1.165, 1.54) is 18.4 Å². The van der Waals surface area contributed by atoms with Gasteiger partial charge in [-0.1, -0.05) is 17.7 Å². The van der Waals surface area contributed by atoms with Crippen LogP contribution in [-0.2, 0) is 4.74 Å². The van der Waals surface area contributed by atoms with Gasteiger partial charge in [0.15, 0.2) is 0 Å². The first-order chi connectivity index (χ1) is 10.2. The molecule has 2 N–H and O–H groups in total. The molecular weight excluding hydrogens is 268 g/mol. The average Bonchev–Trinajstić information content (AvgIpc) is 2.99. The smallest absolute Gasteiger partial charge is 0.340 e. The average molecular weight is 288 g/mol. The molecule has 0 heterocycles. The maximum absolute atomic E-state index is 11.9. The Morgan fingerprint density at radius 3 is 2.67 bits per heavy atom. The van der Waals surface area contributed by atoms with Gasteiger partial charge in [0.05, 0.1) is 17.9 Å². The molecule has 0 aromatic heterocycles. The summed E-state index contributed by atoms with van der Waals surface area (Å²) in [5.41, 5.74) is 2.05. The molecule has 0 aliphatic heterocycles. The Morgan fingerprint density at radius 1 is 1.24 bits per heavy atom. The highest BCUT2D eigenvalue weighted by molar-refractivity contribution is 6.00. The number of carbonyl (C=O) groups excluding carboxylic acids is 2. The predicted molar refractivity (Wildman–Crippen MR) is 81.1 cm³/mol. The molecule has 0 atom stereocenters. The molecule has 5 nitrogen and oxygen atoms in total. The highest BCUT2D eigenvalue weighted by Crippen LogP contribution is 2.22. The number of anilines is 1. The molecular formula is C16H20N2O3. The first-order valence-corrected chi connectivity index (χ1v) is 7.22. The van der Waals surface area contributed by atoms with Crippen molar-refractivity contribution >= 4 is 17.7 Å². The third kappa shape index (κ3) is 4.34. The Kier molecular flexibility index (Phi) is 5.37. The Balaban J connectivity index is 2.00. The lowest BCUT2D eigenvalue weighted by Gasteiger charge is -2.10. The second-order valence-electron chi connectivity index (χ2n) is 4.87. The normalized spacial score (nSPS) is 13.7. The number of benzene rings is 1. The van der Waals surface area contributed by atoms with E-state index in [-0.39, 0.29) is 6.03 Å². The standard InChI is InChI=1S/C16H20N2O3/c1-2-21-15(19)13-9-5-6-10-14(13)18-16(20)17-11-12-7-3-4-8-12/h5-6,9-11H,2-4,7-8H2,1H3,(H2,17,18,20). The summed E-state index contributed by atoms with van der Waals surface area (Å²) >= 11 is 0. The summed E-state index contributed by atoms with van der Waals surface area (Å²) in [6, 6.07) is 6.44. The first kappa shape index (κ1) is 15.1. The summed E-state index contributed by atoms with van der Waals surface area (Å²) in [7, 11) is 0. The van der Waals surface area contributed by atoms with Crippen LogP contribution in [0.5, 0.6) is 0 Å². The summed E-state index contributed by atoms with van der Waals surface area (Å²) in [5, 5.41) is 5.39. The molecule has 1 aliphatic rings. The highest BCUT2D eigenvalue weighted by atomic mass is 16.5. The van der Waals surface area contributed by atoms with Crippen molar-refractivity contribution in [1.29, 1.82) is 0 Å². The van der Waals surface area contributed by atoms with Crippen molar-refractivity contribution < 1.29 is 14.3 Å². The number of amides is 2. The van der Waals surface area contributed by atoms with Crippen LogP contribution in [0.2, 0.25) is 0 Å². The van der Waals surface area contributed by atoms with Crippen LogP contribution in [0.1, 0.15) is 43.0 Å². The topological polar surface area (TPSA) is 67.4 Å². The maximum atomic E-state index is 11.9. The van der Waals surface area contributed by atoms with Gasteiger partial charge in [-0.3, -0.25) is 0 Å². The monoisotopic (exact) mass is 288 g/mol. The van der Waals surface area contributed by atoms with E-state index in [9.17, 15) is 9.59 Å². The quantitative estimate of drug-likeness (QED) is 0.834. The minimum atomic E-state index is -0.442. The fourth-order valence-electron chi connectivity index (χ4n) is 2.28. The van der Waals surface area contributed by atoms with Crippen LogP contribution >= 0.6 is 0 Å². The Morgan fingerprint density at radius 2 is 1.95 bits per heavy atom. The molecule has 2 amide bonds. The van der Waals surface area contributed by atoms with Crippen LogP contribution in [0.15, 0.2) is 36.0 Å². The zero-order valence-corrected chi connectivity index (χ0v) is 12.1. The van der Waals surface area contributed by atoms with Gasteiger partial charge in [-0.2, -0.15) is 0 Å². The Hall–Kier alpha value is -2.30. The summed E-state index contributed by atoms with van der Waals surface area (Å²) in [6.07, 6.45) is 6.20. The molecule has 1 fully saturated rings. The number of hydrogen-bond donors (Lipinski definition) is 2. The number of ether oxygens (including phenoxy) is 1. The van der Waals surface area contributed by atoms with Gasteiger partial charge in [0.25, 0.3) is 0 Å². The molecule has 0 spiro atoms. The molecule has 1 saturated carbocycles. The van der Waals surface area contributed by atoms with Gasteiger partial charge in [0.1, 0.15) is 0 Å². The number of nitrogens with one attached hydrogen (secondary N) is 2. The van der Waals surface area contributed by atoms with E-state index in [0.717, 1.165) is 12.8 Å². The summed E-state index contributed by atoms with van der Waals surface area (Å²) in [6.45, 7) is 2.04. The number of allylic oxidation sites excluding steroid dienone is 1. The van der Waals surface area contributed by atoms with Gasteiger partial charge in [-0.25, -0.2) is 9.59 Å². The maximum Gasteiger partial charge on any atom is 0.340 e. The molecule has 5 heteroatoms. The predicted octanol–water partition coefficient (Wildman–Crippen LogP) is 3.44. The molecule has 2 rings (SSSR count). The third-order valence-electron chi connectivity index (χ3n) is 3.32. The lowest BCUT2D eigenvalue weighted by atomic mass is 10.2. The van der Waals surface area contributed by atoms with Crippen LogP contribution in [-0.4, -0.2) is 18.6 Å². The van der Waals surface area contributed by atoms with Crippen molar-refractivity contribution in [3.63, 3.8) is 0 Å². The first-order valence-electron chi connectivity index (χ1n) is 7.22. The van der Waals surface area contributed by atoms with E-state index in [0.29, 0.717) is 17.9 Å². The second kappa shape index (κ2) is 7.47. The van der Waals surface area contributed by atoms with Gasteiger partial charge < -0.3 is 15.4 Å². The van der Waals surface area contributed by atoms with Crippen LogP contribution < -0.4 is 10.6 Å². The zero-order chi connectivity index (χ0) is 15.1. The number of para-hydroxylation sites is 1. The highest BCUT2D eigenvalue weighted by Gasteiger charge is 2.13. The fourth-order valence-corrected chi connectivity index (χ4v) is 2.28. The molecule has 0 radical (unpaired) electrons. The van der Waals surface area contributed by atoms with Crippen molar-refractivity contribution in [1.82, 2.24) is 5.32 Å². The van der Waals surface area contributed by atoms with Crippen molar-refractivity contribution in [3.8, 4) is 0 Å². The molecule has 1 aromatic carbocycles. The van der Waals surface area contributed by atoms with E-state index in [1.54, 1.807) is 37.4 Å². The van der Waals surface area contributed by atoms with Gasteiger partial charge in [0, 0.05) is 6.20 Å². The van der Waals surface area contributed by atoms with Crippen LogP contribution in [0, 0.1) is 0 Å². The minimum Gasteiger partial charge on any atom is -0.462 e. The summed E-state index contributed by atoms with van der Waals surface area (Å²) in [4.78, 5) is 23.7. The molecule has 0 unspecified atom stereocenters. The minimum absolute atomic E-state index is 0.297. The van der Waals surface area contributed by atoms with Crippen molar-refractivity contribution in [2.45, 2.75) is 32.6 Å². The SMILES string of the molecule is CCOC(=O)c1ccccc1NC(=O)NC=C1CCCC1. The van der Waals surface area contributed by atoms with Crippen molar-refractivity contribution in [3.05, 3.63) is 41.6 Å². The number of hydrogen-bond acceptors (Lipinski definition) is 3. The second-order valence-corrected chi connectivity index (χ2v) is 4.87. The summed E-state index contributed by atoms with van der Waals surface area (Å²) < 4.78 is 4.97. The third-order valence-corrected chi connectivity index (χ3v) is 3.32. The van der Waals surface area contributed by atoms with E-state index in [4.69, 9.17) is 4.74 Å². The zero-order valence-electron chi connectivity index (χ0n) is 12.1. The Bertz CT molecular complexity index is 544. The van der Waals surface area contributed by atoms with E-state index in [1.807, 2.05) is 0 Å². The number of rotatable bonds is 4. The van der Waals surface area contributed by atoms with E-state index >= 15 is 0 Å². The van der Waals surface area contributed by atoms with Gasteiger partial charge in [0.2, 0.25) is 0 Å². The van der Waals surface area contributed by atoms with Crippen LogP contribution in [0.3, 0.4) is 0 Å². The lowest BCUT2D eigenvalue weighted by Crippen LogP contribution is -2.25. The lowest BCUT2D eigenvalue weighted by molar-refractivity contribution is 0.0527. The van der Waals surface area contributed by atoms with E-state index < -0.39 is 5.97 Å². The number of esters is 1. The van der Waals surface area contributed by atoms with Crippen molar-refractivity contribution in [2.24, 2.45) is 0 Å². The van der Waals surface area contributed by atoms with Gasteiger partial charge in [-0.15, -0.1) is 0 Å². The molecule has 0 saturated heterocycles. The molecule has 1 aromatic rings. The van der Waals surface area contributed by atoms with Crippen molar-refractivity contribution in [2.75, 3.05) is 11.9 Å². The Labute approximate surface area is 124 Å². The van der Waals surface area contributed by atoms with Crippen LogP contribution in [0.25, 0.3) is 0 Å². The van der Waals surface area contributed by atoms with Crippen LogP contribution in [0.4, 0.5) is 10.5 Å². The summed E-state index contributed by atoms with van der Waals surface area (Å²) in [5.74, 6) is -0.442. The van der Waals surface area contributed by atoms with E-state index in [2.05, 4.69) is 10.6 Å². The molecule has 0 bridgehead atoms. The molecule has 112 valence electrons. The van der Waals surface area contributed by atoms with Gasteiger partial charge in [-0.05, 0) is 44.7 Å². The number of carbonyl (C=O) groups is 2. The fraction of sp³-hybridized carbons (Fsp3) is 0.375. The number of urea groups is 1. The van der Waals surface area contributed by atoms with Gasteiger partial charge >= 0.3 is 12.0 Å². The molecule has 21 heavy (non-hydrogen) atoms. The largest absolute Gasteiger partial charge is 0.462 e. The molecule has 1 aliphatic carbocycles.